The van der Waals surface area contributed by atoms with Crippen LogP contribution in [0.15, 0.2) is 33.7 Å². The maximum Gasteiger partial charge on any atom is 0.193 e. The van der Waals surface area contributed by atoms with E-state index in [0.29, 0.717) is 6.04 Å². The fraction of sp³-hybridized carbons (Fsp3) is 0.650. The number of benzene rings is 1. The predicted octanol–water partition coefficient (Wildman–Crippen LogP) is 4.14. The van der Waals surface area contributed by atoms with E-state index in [4.69, 9.17) is 4.74 Å². The van der Waals surface area contributed by atoms with E-state index in [9.17, 15) is 0 Å². The molecule has 1 aliphatic heterocycles. The van der Waals surface area contributed by atoms with Gasteiger partial charge >= 0.3 is 0 Å². The van der Waals surface area contributed by atoms with Gasteiger partial charge < -0.3 is 15.0 Å². The highest BCUT2D eigenvalue weighted by atomic mass is 127. The molecule has 154 valence electrons. The number of ether oxygens (including phenoxy) is 1. The zero-order valence-corrected chi connectivity index (χ0v) is 20.7. The zero-order chi connectivity index (χ0) is 18.8. The molecule has 1 heterocycles. The molecule has 0 amide bonds. The van der Waals surface area contributed by atoms with Crippen molar-refractivity contribution < 1.29 is 4.74 Å². The lowest BCUT2D eigenvalue weighted by atomic mass is 10.1. The second kappa shape index (κ2) is 13.7. The SMILES string of the molecule is CCOCCCCNC(=NC)N1CCN(C(C)c2ccc(Br)cc2)CC1.I. The van der Waals surface area contributed by atoms with Gasteiger partial charge in [0.05, 0.1) is 0 Å². The van der Waals surface area contributed by atoms with Gasteiger partial charge in [-0.15, -0.1) is 24.0 Å². The number of guanidine groups is 1. The summed E-state index contributed by atoms with van der Waals surface area (Å²) in [6.07, 6.45) is 2.20. The molecule has 5 nitrogen and oxygen atoms in total. The van der Waals surface area contributed by atoms with Crippen molar-refractivity contribution in [2.24, 2.45) is 4.99 Å². The van der Waals surface area contributed by atoms with Crippen LogP contribution in [0.3, 0.4) is 0 Å². The molecular weight excluding hydrogens is 519 g/mol. The number of nitrogens with one attached hydrogen (secondary N) is 1. The topological polar surface area (TPSA) is 40.1 Å². The average Bonchev–Trinajstić information content (AvgIpc) is 2.68. The van der Waals surface area contributed by atoms with Crippen molar-refractivity contribution >= 4 is 45.9 Å². The molecule has 0 radical (unpaired) electrons. The zero-order valence-electron chi connectivity index (χ0n) is 16.8. The third kappa shape index (κ3) is 8.25. The maximum atomic E-state index is 5.38. The van der Waals surface area contributed by atoms with Crippen molar-refractivity contribution in [3.05, 3.63) is 34.3 Å². The summed E-state index contributed by atoms with van der Waals surface area (Å²) in [5.41, 5.74) is 1.37. The molecule has 1 unspecified atom stereocenters. The van der Waals surface area contributed by atoms with Crippen molar-refractivity contribution in [1.29, 1.82) is 0 Å². The van der Waals surface area contributed by atoms with E-state index in [1.807, 2.05) is 14.0 Å². The van der Waals surface area contributed by atoms with Gasteiger partial charge in [0.1, 0.15) is 0 Å². The Morgan fingerprint density at radius 1 is 1.19 bits per heavy atom. The van der Waals surface area contributed by atoms with Gasteiger partial charge in [0.2, 0.25) is 0 Å². The number of halogens is 2. The summed E-state index contributed by atoms with van der Waals surface area (Å²) in [7, 11) is 1.87. The van der Waals surface area contributed by atoms with Gasteiger partial charge in [-0.05, 0) is 44.4 Å². The Morgan fingerprint density at radius 2 is 1.85 bits per heavy atom. The molecular formula is C20H34BrIN4O. The van der Waals surface area contributed by atoms with E-state index >= 15 is 0 Å². The monoisotopic (exact) mass is 552 g/mol. The highest BCUT2D eigenvalue weighted by Gasteiger charge is 2.23. The minimum Gasteiger partial charge on any atom is -0.382 e. The lowest BCUT2D eigenvalue weighted by Crippen LogP contribution is -2.52. The summed E-state index contributed by atoms with van der Waals surface area (Å²) in [6.45, 7) is 11.1. The molecule has 1 saturated heterocycles. The number of rotatable bonds is 8. The third-order valence-electron chi connectivity index (χ3n) is 4.93. The van der Waals surface area contributed by atoms with Crippen molar-refractivity contribution in [3.63, 3.8) is 0 Å². The highest BCUT2D eigenvalue weighted by Crippen LogP contribution is 2.23. The largest absolute Gasteiger partial charge is 0.382 e. The predicted molar refractivity (Wildman–Crippen MR) is 128 cm³/mol. The van der Waals surface area contributed by atoms with E-state index in [1.54, 1.807) is 0 Å². The number of unbranched alkanes of at least 4 members (excludes halogenated alkanes) is 1. The molecule has 1 fully saturated rings. The van der Waals surface area contributed by atoms with Crippen LogP contribution in [0, 0.1) is 0 Å². The van der Waals surface area contributed by atoms with E-state index in [1.165, 1.54) is 5.56 Å². The highest BCUT2D eigenvalue weighted by molar-refractivity contribution is 14.0. The van der Waals surface area contributed by atoms with Crippen molar-refractivity contribution in [2.45, 2.75) is 32.7 Å². The lowest BCUT2D eigenvalue weighted by Gasteiger charge is -2.39. The fourth-order valence-electron chi connectivity index (χ4n) is 3.28. The Kier molecular flexibility index (Phi) is 12.5. The molecule has 0 aromatic heterocycles. The summed E-state index contributed by atoms with van der Waals surface area (Å²) >= 11 is 3.51. The molecule has 1 atom stereocenters. The van der Waals surface area contributed by atoms with Gasteiger partial charge in [-0.3, -0.25) is 9.89 Å². The summed E-state index contributed by atoms with van der Waals surface area (Å²) in [6, 6.07) is 9.12. The Balaban J connectivity index is 0.00000364. The first-order valence-corrected chi connectivity index (χ1v) is 10.5. The van der Waals surface area contributed by atoms with E-state index in [-0.39, 0.29) is 24.0 Å². The number of aliphatic imine (C=N–C) groups is 1. The van der Waals surface area contributed by atoms with Crippen LogP contribution >= 0.6 is 39.9 Å². The lowest BCUT2D eigenvalue weighted by molar-refractivity contribution is 0.137. The smallest absolute Gasteiger partial charge is 0.193 e. The van der Waals surface area contributed by atoms with Crippen LogP contribution in [-0.2, 0) is 4.74 Å². The minimum absolute atomic E-state index is 0. The van der Waals surface area contributed by atoms with Crippen LogP contribution < -0.4 is 5.32 Å². The van der Waals surface area contributed by atoms with Gasteiger partial charge in [0.25, 0.3) is 0 Å². The molecule has 0 aliphatic carbocycles. The average molecular weight is 553 g/mol. The Labute approximate surface area is 190 Å². The molecule has 2 rings (SSSR count). The van der Waals surface area contributed by atoms with Crippen molar-refractivity contribution in [1.82, 2.24) is 15.1 Å². The van der Waals surface area contributed by atoms with E-state index in [2.05, 4.69) is 67.2 Å². The quantitative estimate of drug-likeness (QED) is 0.228. The van der Waals surface area contributed by atoms with Gasteiger partial charge in [-0.2, -0.15) is 0 Å². The van der Waals surface area contributed by atoms with E-state index in [0.717, 1.165) is 69.2 Å². The first-order valence-electron chi connectivity index (χ1n) is 9.68. The normalized spacial score (nSPS) is 16.7. The first-order chi connectivity index (χ1) is 12.7. The molecule has 1 aromatic rings. The molecule has 1 aliphatic rings. The second-order valence-electron chi connectivity index (χ2n) is 6.63. The molecule has 0 spiro atoms. The third-order valence-corrected chi connectivity index (χ3v) is 5.46. The standard InChI is InChI=1S/C20H33BrN4O.HI/c1-4-26-16-6-5-11-23-20(22-3)25-14-12-24(13-15-25)17(2)18-7-9-19(21)10-8-18;/h7-10,17H,4-6,11-16H2,1-3H3,(H,22,23);1H. The van der Waals surface area contributed by atoms with Gasteiger partial charge in [-0.25, -0.2) is 0 Å². The molecule has 1 aromatic carbocycles. The summed E-state index contributed by atoms with van der Waals surface area (Å²) in [4.78, 5) is 9.38. The molecule has 27 heavy (non-hydrogen) atoms. The number of nitrogens with zero attached hydrogens (tertiary/aromatic N) is 3. The van der Waals surface area contributed by atoms with Gasteiger partial charge in [0, 0.05) is 63.5 Å². The Morgan fingerprint density at radius 3 is 2.44 bits per heavy atom. The molecule has 0 bridgehead atoms. The van der Waals surface area contributed by atoms with Crippen molar-refractivity contribution in [3.8, 4) is 0 Å². The van der Waals surface area contributed by atoms with Crippen LogP contribution in [0.5, 0.6) is 0 Å². The minimum atomic E-state index is 0. The van der Waals surface area contributed by atoms with Gasteiger partial charge in [-0.1, -0.05) is 28.1 Å². The number of piperazine rings is 1. The van der Waals surface area contributed by atoms with Crippen LogP contribution in [0.2, 0.25) is 0 Å². The van der Waals surface area contributed by atoms with Crippen LogP contribution in [0.25, 0.3) is 0 Å². The molecule has 1 N–H and O–H groups in total. The fourth-order valence-corrected chi connectivity index (χ4v) is 3.54. The maximum absolute atomic E-state index is 5.38. The van der Waals surface area contributed by atoms with Gasteiger partial charge in [0.15, 0.2) is 5.96 Å². The first kappa shape index (κ1) is 24.7. The van der Waals surface area contributed by atoms with Crippen molar-refractivity contribution in [2.75, 3.05) is 53.0 Å². The summed E-state index contributed by atoms with van der Waals surface area (Å²) < 4.78 is 6.52. The van der Waals surface area contributed by atoms with Crippen LogP contribution in [0.4, 0.5) is 0 Å². The second-order valence-corrected chi connectivity index (χ2v) is 7.54. The Hall–Kier alpha value is -0.380. The summed E-state index contributed by atoms with van der Waals surface area (Å²) in [5.74, 6) is 1.03. The van der Waals surface area contributed by atoms with Crippen LogP contribution in [0.1, 0.15) is 38.3 Å². The Bertz CT molecular complexity index is 547. The van der Waals surface area contributed by atoms with Crippen LogP contribution in [-0.4, -0.2) is 68.7 Å². The van der Waals surface area contributed by atoms with E-state index < -0.39 is 0 Å². The molecule has 0 saturated carbocycles. The molecule has 7 heteroatoms. The number of hydrogen-bond acceptors (Lipinski definition) is 3. The number of hydrogen-bond donors (Lipinski definition) is 1. The summed E-state index contributed by atoms with van der Waals surface area (Å²) in [5, 5.41) is 3.49.